The molecular formula is C12H17N3O3. The Labute approximate surface area is 106 Å². The van der Waals surface area contributed by atoms with E-state index in [-0.39, 0.29) is 10.6 Å². The largest absolute Gasteiger partial charge is 0.495 e. The predicted molar refractivity (Wildman–Crippen MR) is 69.4 cm³/mol. The summed E-state index contributed by atoms with van der Waals surface area (Å²) in [6.07, 6.45) is 0. The molecule has 0 bridgehead atoms. The van der Waals surface area contributed by atoms with Gasteiger partial charge in [0.25, 0.3) is 5.69 Å². The monoisotopic (exact) mass is 251 g/mol. The minimum absolute atomic E-state index is 0.102. The summed E-state index contributed by atoms with van der Waals surface area (Å²) in [6, 6.07) is 4.72. The van der Waals surface area contributed by atoms with Gasteiger partial charge in [-0.25, -0.2) is 0 Å². The molecule has 0 atom stereocenters. The van der Waals surface area contributed by atoms with Crippen molar-refractivity contribution in [3.63, 3.8) is 0 Å². The molecule has 6 nitrogen and oxygen atoms in total. The minimum atomic E-state index is -0.376. The fourth-order valence-corrected chi connectivity index (χ4v) is 2.09. The normalized spacial score (nSPS) is 16.7. The van der Waals surface area contributed by atoms with Gasteiger partial charge in [0.15, 0.2) is 0 Å². The molecule has 1 aliphatic rings. The van der Waals surface area contributed by atoms with Crippen molar-refractivity contribution in [3.8, 4) is 5.75 Å². The fraction of sp³-hybridized carbons (Fsp3) is 0.500. The summed E-state index contributed by atoms with van der Waals surface area (Å²) in [5.74, 6) is 0.685. The second kappa shape index (κ2) is 5.22. The van der Waals surface area contributed by atoms with E-state index in [9.17, 15) is 10.1 Å². The third-order valence-corrected chi connectivity index (χ3v) is 3.22. The van der Waals surface area contributed by atoms with Gasteiger partial charge in [-0.3, -0.25) is 10.1 Å². The molecule has 2 rings (SSSR count). The molecule has 1 aliphatic heterocycles. The van der Waals surface area contributed by atoms with Crippen molar-refractivity contribution < 1.29 is 9.66 Å². The van der Waals surface area contributed by atoms with Crippen molar-refractivity contribution >= 4 is 11.4 Å². The number of non-ortho nitro benzene ring substituents is 1. The fourth-order valence-electron chi connectivity index (χ4n) is 2.09. The maximum atomic E-state index is 10.8. The Hall–Kier alpha value is -1.82. The Kier molecular flexibility index (Phi) is 3.66. The van der Waals surface area contributed by atoms with Crippen molar-refractivity contribution in [2.24, 2.45) is 0 Å². The number of anilines is 1. The minimum Gasteiger partial charge on any atom is -0.495 e. The molecule has 0 aliphatic carbocycles. The molecular weight excluding hydrogens is 234 g/mol. The molecule has 0 unspecified atom stereocenters. The van der Waals surface area contributed by atoms with Crippen molar-refractivity contribution in [3.05, 3.63) is 28.3 Å². The van der Waals surface area contributed by atoms with Gasteiger partial charge in [0.2, 0.25) is 0 Å². The van der Waals surface area contributed by atoms with E-state index in [2.05, 4.69) is 16.8 Å². The predicted octanol–water partition coefficient (Wildman–Crippen LogP) is 1.36. The van der Waals surface area contributed by atoms with Gasteiger partial charge in [-0.15, -0.1) is 0 Å². The maximum Gasteiger partial charge on any atom is 0.271 e. The second-order valence-electron chi connectivity index (χ2n) is 4.40. The Balaban J connectivity index is 2.29. The van der Waals surface area contributed by atoms with Crippen LogP contribution in [0.2, 0.25) is 0 Å². The molecule has 0 spiro atoms. The summed E-state index contributed by atoms with van der Waals surface area (Å²) < 4.78 is 5.28. The third-order valence-electron chi connectivity index (χ3n) is 3.22. The average molecular weight is 251 g/mol. The van der Waals surface area contributed by atoms with Gasteiger partial charge in [0.1, 0.15) is 5.75 Å². The zero-order valence-corrected chi connectivity index (χ0v) is 10.6. The summed E-state index contributed by atoms with van der Waals surface area (Å²) in [5, 5.41) is 10.8. The van der Waals surface area contributed by atoms with Crippen LogP contribution in [-0.4, -0.2) is 50.2 Å². The van der Waals surface area contributed by atoms with Crippen LogP contribution in [0.15, 0.2) is 18.2 Å². The summed E-state index contributed by atoms with van der Waals surface area (Å²) >= 11 is 0. The van der Waals surface area contributed by atoms with Crippen LogP contribution in [0.3, 0.4) is 0 Å². The van der Waals surface area contributed by atoms with Crippen LogP contribution in [0.1, 0.15) is 0 Å². The standard InChI is InChI=1S/C12H17N3O3/c1-13-5-7-14(8-6-13)11-9-10(15(16)17)3-4-12(11)18-2/h3-4,9H,5-8H2,1-2H3. The van der Waals surface area contributed by atoms with Crippen molar-refractivity contribution in [2.45, 2.75) is 0 Å². The van der Waals surface area contributed by atoms with E-state index in [0.717, 1.165) is 31.9 Å². The zero-order chi connectivity index (χ0) is 13.1. The average Bonchev–Trinajstić information content (AvgIpc) is 2.39. The quantitative estimate of drug-likeness (QED) is 0.599. The molecule has 6 heteroatoms. The summed E-state index contributed by atoms with van der Waals surface area (Å²) in [5.41, 5.74) is 0.907. The zero-order valence-electron chi connectivity index (χ0n) is 10.6. The Morgan fingerprint density at radius 2 is 1.94 bits per heavy atom. The van der Waals surface area contributed by atoms with E-state index < -0.39 is 0 Å². The van der Waals surface area contributed by atoms with Crippen LogP contribution in [0, 0.1) is 10.1 Å². The summed E-state index contributed by atoms with van der Waals surface area (Å²) in [4.78, 5) is 14.8. The number of nitrogens with zero attached hydrogens (tertiary/aromatic N) is 3. The number of hydrogen-bond acceptors (Lipinski definition) is 5. The van der Waals surface area contributed by atoms with Gasteiger partial charge in [0.05, 0.1) is 17.7 Å². The molecule has 0 radical (unpaired) electrons. The molecule has 0 N–H and O–H groups in total. The molecule has 1 aromatic rings. The van der Waals surface area contributed by atoms with E-state index >= 15 is 0 Å². The van der Waals surface area contributed by atoms with E-state index in [1.54, 1.807) is 19.2 Å². The lowest BCUT2D eigenvalue weighted by Crippen LogP contribution is -2.44. The van der Waals surface area contributed by atoms with Gasteiger partial charge in [-0.2, -0.15) is 0 Å². The van der Waals surface area contributed by atoms with Gasteiger partial charge >= 0.3 is 0 Å². The number of ether oxygens (including phenoxy) is 1. The number of benzene rings is 1. The highest BCUT2D eigenvalue weighted by Crippen LogP contribution is 2.32. The highest BCUT2D eigenvalue weighted by atomic mass is 16.6. The molecule has 0 amide bonds. The first kappa shape index (κ1) is 12.6. The number of piperazine rings is 1. The number of methoxy groups -OCH3 is 1. The van der Waals surface area contributed by atoms with Crippen LogP contribution in [0.4, 0.5) is 11.4 Å². The van der Waals surface area contributed by atoms with Crippen LogP contribution in [-0.2, 0) is 0 Å². The Morgan fingerprint density at radius 3 is 2.50 bits per heavy atom. The molecule has 98 valence electrons. The van der Waals surface area contributed by atoms with Crippen molar-refractivity contribution in [1.82, 2.24) is 4.90 Å². The lowest BCUT2D eigenvalue weighted by Gasteiger charge is -2.34. The lowest BCUT2D eigenvalue weighted by molar-refractivity contribution is -0.384. The number of nitro groups is 1. The van der Waals surface area contributed by atoms with E-state index in [1.807, 2.05) is 0 Å². The Bertz CT molecular complexity index is 442. The topological polar surface area (TPSA) is 58.9 Å². The van der Waals surface area contributed by atoms with Crippen molar-refractivity contribution in [2.75, 3.05) is 45.2 Å². The molecule has 1 aromatic carbocycles. The van der Waals surface area contributed by atoms with Crippen LogP contribution >= 0.6 is 0 Å². The molecule has 0 saturated carbocycles. The maximum absolute atomic E-state index is 10.8. The van der Waals surface area contributed by atoms with Crippen molar-refractivity contribution in [1.29, 1.82) is 0 Å². The number of likely N-dealkylation sites (N-methyl/N-ethyl adjacent to an activating group) is 1. The van der Waals surface area contributed by atoms with Crippen LogP contribution < -0.4 is 9.64 Å². The second-order valence-corrected chi connectivity index (χ2v) is 4.40. The first-order chi connectivity index (χ1) is 8.61. The summed E-state index contributed by atoms with van der Waals surface area (Å²) in [6.45, 7) is 3.61. The smallest absolute Gasteiger partial charge is 0.271 e. The first-order valence-corrected chi connectivity index (χ1v) is 5.87. The number of rotatable bonds is 3. The van der Waals surface area contributed by atoms with Crippen LogP contribution in [0.25, 0.3) is 0 Å². The van der Waals surface area contributed by atoms with Gasteiger partial charge in [-0.1, -0.05) is 0 Å². The van der Waals surface area contributed by atoms with E-state index in [1.165, 1.54) is 6.07 Å². The van der Waals surface area contributed by atoms with E-state index in [4.69, 9.17) is 4.74 Å². The Morgan fingerprint density at radius 1 is 1.28 bits per heavy atom. The van der Waals surface area contributed by atoms with Gasteiger partial charge in [-0.05, 0) is 13.1 Å². The van der Waals surface area contributed by atoms with Crippen LogP contribution in [0.5, 0.6) is 5.75 Å². The molecule has 18 heavy (non-hydrogen) atoms. The molecule has 1 fully saturated rings. The summed E-state index contributed by atoms with van der Waals surface area (Å²) in [7, 11) is 3.66. The van der Waals surface area contributed by atoms with Gasteiger partial charge < -0.3 is 14.5 Å². The van der Waals surface area contributed by atoms with E-state index in [0.29, 0.717) is 5.75 Å². The lowest BCUT2D eigenvalue weighted by atomic mass is 10.2. The molecule has 1 heterocycles. The SMILES string of the molecule is COc1ccc([N+](=O)[O-])cc1N1CCN(C)CC1. The highest BCUT2D eigenvalue weighted by Gasteiger charge is 2.20. The third kappa shape index (κ3) is 2.53. The number of hydrogen-bond donors (Lipinski definition) is 0. The molecule has 0 aromatic heterocycles. The number of nitro benzene ring substituents is 1. The van der Waals surface area contributed by atoms with Gasteiger partial charge in [0, 0.05) is 38.3 Å². The first-order valence-electron chi connectivity index (χ1n) is 5.87. The highest BCUT2D eigenvalue weighted by molar-refractivity contribution is 5.63. The molecule has 1 saturated heterocycles.